The van der Waals surface area contributed by atoms with Gasteiger partial charge in [0.1, 0.15) is 0 Å². The molecular formula is C13H18O2. The molecule has 0 aromatic rings. The molecule has 0 aromatic carbocycles. The van der Waals surface area contributed by atoms with Gasteiger partial charge in [-0.2, -0.15) is 0 Å². The van der Waals surface area contributed by atoms with Gasteiger partial charge in [-0.25, -0.2) is 0 Å². The van der Waals surface area contributed by atoms with Crippen LogP contribution in [0.15, 0.2) is 24.3 Å². The molecule has 15 heavy (non-hydrogen) atoms. The summed E-state index contributed by atoms with van der Waals surface area (Å²) in [5.74, 6) is 0.684. The van der Waals surface area contributed by atoms with Crippen LogP contribution in [0.25, 0.3) is 0 Å². The van der Waals surface area contributed by atoms with E-state index in [1.54, 1.807) is 0 Å². The Labute approximate surface area is 90.7 Å². The van der Waals surface area contributed by atoms with E-state index in [2.05, 4.69) is 24.3 Å². The van der Waals surface area contributed by atoms with Crippen molar-refractivity contribution in [3.05, 3.63) is 24.3 Å². The Morgan fingerprint density at radius 2 is 1.87 bits per heavy atom. The first-order valence-electron chi connectivity index (χ1n) is 5.83. The van der Waals surface area contributed by atoms with Crippen LogP contribution in [-0.2, 0) is 4.79 Å². The van der Waals surface area contributed by atoms with Crippen molar-refractivity contribution >= 4 is 5.97 Å². The summed E-state index contributed by atoms with van der Waals surface area (Å²) in [4.78, 5) is 10.8. The SMILES string of the molecule is O=C(O)[C@H]1CC[C@H](C2C=CC=CC2)CC1. The number of carboxylic acids is 1. The molecule has 1 N–H and O–H groups in total. The zero-order chi connectivity index (χ0) is 10.7. The smallest absolute Gasteiger partial charge is 0.306 e. The predicted octanol–water partition coefficient (Wildman–Crippen LogP) is 3.01. The highest BCUT2D eigenvalue weighted by Gasteiger charge is 2.29. The third-order valence-corrected chi connectivity index (χ3v) is 3.74. The van der Waals surface area contributed by atoms with Gasteiger partial charge >= 0.3 is 5.97 Å². The van der Waals surface area contributed by atoms with E-state index in [0.717, 1.165) is 32.1 Å². The molecule has 0 bridgehead atoms. The summed E-state index contributed by atoms with van der Waals surface area (Å²) < 4.78 is 0. The zero-order valence-corrected chi connectivity index (χ0v) is 8.93. The van der Waals surface area contributed by atoms with Crippen molar-refractivity contribution in [2.75, 3.05) is 0 Å². The molecule has 82 valence electrons. The molecule has 0 radical (unpaired) electrons. The molecule has 0 amide bonds. The molecule has 2 aliphatic rings. The quantitative estimate of drug-likeness (QED) is 0.754. The van der Waals surface area contributed by atoms with E-state index in [0.29, 0.717) is 11.8 Å². The maximum atomic E-state index is 10.8. The van der Waals surface area contributed by atoms with Gasteiger partial charge in [0.2, 0.25) is 0 Å². The topological polar surface area (TPSA) is 37.3 Å². The lowest BCUT2D eigenvalue weighted by Crippen LogP contribution is -2.25. The van der Waals surface area contributed by atoms with Gasteiger partial charge in [-0.3, -0.25) is 4.79 Å². The summed E-state index contributed by atoms with van der Waals surface area (Å²) in [6.07, 6.45) is 13.8. The number of allylic oxidation sites excluding steroid dienone is 4. The highest BCUT2D eigenvalue weighted by Crippen LogP contribution is 2.36. The fourth-order valence-electron chi connectivity index (χ4n) is 2.74. The Kier molecular flexibility index (Phi) is 3.24. The van der Waals surface area contributed by atoms with Crippen LogP contribution in [0, 0.1) is 17.8 Å². The molecular weight excluding hydrogens is 188 g/mol. The first kappa shape index (κ1) is 10.5. The minimum absolute atomic E-state index is 0.0793. The Morgan fingerprint density at radius 1 is 1.13 bits per heavy atom. The van der Waals surface area contributed by atoms with Crippen molar-refractivity contribution in [3.8, 4) is 0 Å². The van der Waals surface area contributed by atoms with Gasteiger partial charge in [0.15, 0.2) is 0 Å². The third-order valence-electron chi connectivity index (χ3n) is 3.74. The Morgan fingerprint density at radius 3 is 2.40 bits per heavy atom. The van der Waals surface area contributed by atoms with Crippen LogP contribution in [0.3, 0.4) is 0 Å². The third kappa shape index (κ3) is 2.49. The van der Waals surface area contributed by atoms with Crippen molar-refractivity contribution in [1.82, 2.24) is 0 Å². The first-order valence-corrected chi connectivity index (χ1v) is 5.83. The van der Waals surface area contributed by atoms with Gasteiger partial charge in [0, 0.05) is 0 Å². The molecule has 0 aliphatic heterocycles. The van der Waals surface area contributed by atoms with Crippen molar-refractivity contribution < 1.29 is 9.90 Å². The van der Waals surface area contributed by atoms with Crippen LogP contribution >= 0.6 is 0 Å². The predicted molar refractivity (Wildman–Crippen MR) is 59.5 cm³/mol. The summed E-state index contributed by atoms with van der Waals surface area (Å²) >= 11 is 0. The highest BCUT2D eigenvalue weighted by atomic mass is 16.4. The molecule has 0 aromatic heterocycles. The lowest BCUT2D eigenvalue weighted by molar-refractivity contribution is -0.143. The average Bonchev–Trinajstić information content (AvgIpc) is 2.30. The van der Waals surface area contributed by atoms with Crippen molar-refractivity contribution in [2.24, 2.45) is 17.8 Å². The van der Waals surface area contributed by atoms with Gasteiger partial charge < -0.3 is 5.11 Å². The lowest BCUT2D eigenvalue weighted by Gasteiger charge is -2.31. The largest absolute Gasteiger partial charge is 0.481 e. The van der Waals surface area contributed by atoms with Crippen molar-refractivity contribution in [1.29, 1.82) is 0 Å². The minimum atomic E-state index is -0.604. The minimum Gasteiger partial charge on any atom is -0.481 e. The van der Waals surface area contributed by atoms with Crippen LogP contribution in [0.1, 0.15) is 32.1 Å². The summed E-state index contributed by atoms with van der Waals surface area (Å²) in [6, 6.07) is 0. The Balaban J connectivity index is 1.85. The van der Waals surface area contributed by atoms with E-state index in [-0.39, 0.29) is 5.92 Å². The second-order valence-electron chi connectivity index (χ2n) is 4.66. The highest BCUT2D eigenvalue weighted by molar-refractivity contribution is 5.69. The Hall–Kier alpha value is -1.05. The molecule has 2 rings (SSSR count). The monoisotopic (exact) mass is 206 g/mol. The maximum Gasteiger partial charge on any atom is 0.306 e. The second-order valence-corrected chi connectivity index (χ2v) is 4.66. The molecule has 0 spiro atoms. The van der Waals surface area contributed by atoms with E-state index in [9.17, 15) is 4.79 Å². The van der Waals surface area contributed by atoms with Gasteiger partial charge in [0.05, 0.1) is 5.92 Å². The second kappa shape index (κ2) is 4.65. The summed E-state index contributed by atoms with van der Waals surface area (Å²) in [7, 11) is 0. The van der Waals surface area contributed by atoms with Gasteiger partial charge in [0.25, 0.3) is 0 Å². The summed E-state index contributed by atoms with van der Waals surface area (Å²) in [6.45, 7) is 0. The van der Waals surface area contributed by atoms with Gasteiger partial charge in [-0.05, 0) is 43.9 Å². The number of carbonyl (C=O) groups is 1. The molecule has 1 atom stereocenters. The molecule has 1 saturated carbocycles. The summed E-state index contributed by atoms with van der Waals surface area (Å²) in [5.41, 5.74) is 0. The zero-order valence-electron chi connectivity index (χ0n) is 8.93. The van der Waals surface area contributed by atoms with Crippen LogP contribution in [0.5, 0.6) is 0 Å². The molecule has 2 nitrogen and oxygen atoms in total. The maximum absolute atomic E-state index is 10.8. The van der Waals surface area contributed by atoms with E-state index in [4.69, 9.17) is 5.11 Å². The average molecular weight is 206 g/mol. The van der Waals surface area contributed by atoms with Crippen molar-refractivity contribution in [2.45, 2.75) is 32.1 Å². The Bertz CT molecular complexity index is 283. The number of rotatable bonds is 2. The van der Waals surface area contributed by atoms with E-state index >= 15 is 0 Å². The van der Waals surface area contributed by atoms with Gasteiger partial charge in [-0.1, -0.05) is 24.3 Å². The van der Waals surface area contributed by atoms with Crippen LogP contribution < -0.4 is 0 Å². The summed E-state index contributed by atoms with van der Waals surface area (Å²) in [5, 5.41) is 8.91. The molecule has 0 heterocycles. The lowest BCUT2D eigenvalue weighted by atomic mass is 9.74. The molecule has 1 fully saturated rings. The van der Waals surface area contributed by atoms with Crippen LogP contribution in [0.2, 0.25) is 0 Å². The molecule has 2 aliphatic carbocycles. The molecule has 2 heteroatoms. The number of carboxylic acid groups (broad SMARTS) is 1. The number of hydrogen-bond donors (Lipinski definition) is 1. The fourth-order valence-corrected chi connectivity index (χ4v) is 2.74. The van der Waals surface area contributed by atoms with Crippen molar-refractivity contribution in [3.63, 3.8) is 0 Å². The number of aliphatic carboxylic acids is 1. The molecule has 0 saturated heterocycles. The van der Waals surface area contributed by atoms with E-state index < -0.39 is 5.97 Å². The standard InChI is InChI=1S/C13H18O2/c14-13(15)12-8-6-11(7-9-12)10-4-2-1-3-5-10/h1-4,10-12H,5-9H2,(H,14,15)/t10?,11-,12-. The fraction of sp³-hybridized carbons (Fsp3) is 0.615. The normalized spacial score (nSPS) is 35.3. The van der Waals surface area contributed by atoms with E-state index in [1.165, 1.54) is 0 Å². The van der Waals surface area contributed by atoms with Crippen LogP contribution in [0.4, 0.5) is 0 Å². The first-order chi connectivity index (χ1) is 7.27. The van der Waals surface area contributed by atoms with Gasteiger partial charge in [-0.15, -0.1) is 0 Å². The molecule has 1 unspecified atom stereocenters. The van der Waals surface area contributed by atoms with E-state index in [1.807, 2.05) is 0 Å². The van der Waals surface area contributed by atoms with Crippen LogP contribution in [-0.4, -0.2) is 11.1 Å². The number of hydrogen-bond acceptors (Lipinski definition) is 1.